The van der Waals surface area contributed by atoms with Gasteiger partial charge >= 0.3 is 0 Å². The number of likely N-dealkylation sites (tertiary alicyclic amines) is 1. The molecule has 1 aromatic heterocycles. The average Bonchev–Trinajstić information content (AvgIpc) is 2.93. The third-order valence-corrected chi connectivity index (χ3v) is 5.18. The molecule has 1 fully saturated rings. The van der Waals surface area contributed by atoms with Gasteiger partial charge in [0.1, 0.15) is 4.88 Å². The fourth-order valence-electron chi connectivity index (χ4n) is 2.29. The van der Waals surface area contributed by atoms with Crippen LogP contribution in [-0.2, 0) is 0 Å². The third kappa shape index (κ3) is 2.34. The molecule has 1 saturated heterocycles. The molecule has 2 N–H and O–H groups in total. The van der Waals surface area contributed by atoms with Crippen molar-refractivity contribution in [2.45, 2.75) is 12.5 Å². The summed E-state index contributed by atoms with van der Waals surface area (Å²) in [6.07, 6.45) is 0.847. The van der Waals surface area contributed by atoms with Crippen LogP contribution in [0.15, 0.2) is 18.2 Å². The summed E-state index contributed by atoms with van der Waals surface area (Å²) in [6.45, 7) is 1.30. The Morgan fingerprint density at radius 3 is 2.89 bits per heavy atom. The normalized spacial score (nSPS) is 19.3. The zero-order valence-electron chi connectivity index (χ0n) is 10.0. The molecule has 0 aliphatic carbocycles. The van der Waals surface area contributed by atoms with E-state index in [-0.39, 0.29) is 11.9 Å². The molecule has 0 bridgehead atoms. The molecule has 0 saturated carbocycles. The Labute approximate surface area is 124 Å². The van der Waals surface area contributed by atoms with Crippen LogP contribution in [0.4, 0.5) is 0 Å². The molecule has 6 heteroatoms. The summed E-state index contributed by atoms with van der Waals surface area (Å²) in [7, 11) is 0. The van der Waals surface area contributed by atoms with E-state index in [4.69, 9.17) is 28.9 Å². The summed E-state index contributed by atoms with van der Waals surface area (Å²) >= 11 is 13.7. The van der Waals surface area contributed by atoms with Crippen molar-refractivity contribution < 1.29 is 4.79 Å². The van der Waals surface area contributed by atoms with E-state index in [1.54, 1.807) is 11.0 Å². The SMILES string of the molecule is NC1CCN(C(=O)c2sc3cc(Cl)ccc3c2Cl)C1. The topological polar surface area (TPSA) is 46.3 Å². The minimum absolute atomic E-state index is 0.0322. The minimum Gasteiger partial charge on any atom is -0.336 e. The van der Waals surface area contributed by atoms with Crippen LogP contribution in [0.25, 0.3) is 10.1 Å². The highest BCUT2D eigenvalue weighted by Crippen LogP contribution is 2.37. The predicted molar refractivity (Wildman–Crippen MR) is 80.3 cm³/mol. The average molecular weight is 315 g/mol. The maximum atomic E-state index is 12.4. The number of halogens is 2. The lowest BCUT2D eigenvalue weighted by molar-refractivity contribution is 0.0796. The molecule has 1 unspecified atom stereocenters. The van der Waals surface area contributed by atoms with Gasteiger partial charge in [-0.3, -0.25) is 4.79 Å². The number of nitrogens with zero attached hydrogens (tertiary/aromatic N) is 1. The highest BCUT2D eigenvalue weighted by molar-refractivity contribution is 7.21. The molecule has 3 rings (SSSR count). The van der Waals surface area contributed by atoms with Crippen LogP contribution in [-0.4, -0.2) is 29.9 Å². The molecule has 1 aromatic carbocycles. The standard InChI is InChI=1S/C13H12Cl2N2OS/c14-7-1-2-9-10(5-7)19-12(11(9)15)13(18)17-4-3-8(16)6-17/h1-2,5,8H,3-4,6,16H2. The molecule has 1 atom stereocenters. The Balaban J connectivity index is 2.00. The fraction of sp³-hybridized carbons (Fsp3) is 0.308. The number of fused-ring (bicyclic) bond motifs is 1. The molecule has 19 heavy (non-hydrogen) atoms. The molecule has 2 aromatic rings. The van der Waals surface area contributed by atoms with Gasteiger partial charge in [-0.05, 0) is 18.6 Å². The van der Waals surface area contributed by atoms with Crippen LogP contribution in [0.3, 0.4) is 0 Å². The number of carbonyl (C=O) groups is 1. The van der Waals surface area contributed by atoms with E-state index in [0.717, 1.165) is 16.5 Å². The van der Waals surface area contributed by atoms with Crippen molar-refractivity contribution in [2.24, 2.45) is 5.73 Å². The summed E-state index contributed by atoms with van der Waals surface area (Å²) in [5.41, 5.74) is 5.83. The van der Waals surface area contributed by atoms with Gasteiger partial charge in [0.15, 0.2) is 0 Å². The van der Waals surface area contributed by atoms with E-state index in [1.807, 2.05) is 12.1 Å². The van der Waals surface area contributed by atoms with E-state index in [2.05, 4.69) is 0 Å². The van der Waals surface area contributed by atoms with Crippen molar-refractivity contribution in [3.8, 4) is 0 Å². The van der Waals surface area contributed by atoms with Crippen molar-refractivity contribution in [2.75, 3.05) is 13.1 Å². The maximum absolute atomic E-state index is 12.4. The maximum Gasteiger partial charge on any atom is 0.265 e. The Morgan fingerprint density at radius 2 is 2.21 bits per heavy atom. The summed E-state index contributed by atoms with van der Waals surface area (Å²) < 4.78 is 0.935. The third-order valence-electron chi connectivity index (χ3n) is 3.30. The van der Waals surface area contributed by atoms with Crippen molar-refractivity contribution in [1.82, 2.24) is 4.90 Å². The number of thiophene rings is 1. The number of amides is 1. The monoisotopic (exact) mass is 314 g/mol. The van der Waals surface area contributed by atoms with E-state index in [1.165, 1.54) is 11.3 Å². The number of hydrogen-bond acceptors (Lipinski definition) is 3. The Hall–Kier alpha value is -0.810. The molecule has 1 aliphatic rings. The van der Waals surface area contributed by atoms with Gasteiger partial charge in [0.2, 0.25) is 0 Å². The second-order valence-corrected chi connectivity index (χ2v) is 6.55. The van der Waals surface area contributed by atoms with Gasteiger partial charge in [0.25, 0.3) is 5.91 Å². The lowest BCUT2D eigenvalue weighted by Crippen LogP contribution is -2.31. The van der Waals surface area contributed by atoms with Crippen molar-refractivity contribution >= 4 is 50.5 Å². The Morgan fingerprint density at radius 1 is 1.42 bits per heavy atom. The summed E-state index contributed by atoms with van der Waals surface area (Å²) in [5.74, 6) is -0.0322. The number of nitrogens with two attached hydrogens (primary N) is 1. The second kappa shape index (κ2) is 4.94. The van der Waals surface area contributed by atoms with Gasteiger partial charge in [-0.2, -0.15) is 0 Å². The molecule has 100 valence electrons. The first kappa shape index (κ1) is 13.2. The van der Waals surface area contributed by atoms with E-state index in [0.29, 0.717) is 28.0 Å². The number of carbonyl (C=O) groups excluding carboxylic acids is 1. The molecule has 0 spiro atoms. The number of hydrogen-bond donors (Lipinski definition) is 1. The number of rotatable bonds is 1. The quantitative estimate of drug-likeness (QED) is 0.877. The van der Waals surface area contributed by atoms with Crippen LogP contribution in [0, 0.1) is 0 Å². The molecule has 3 nitrogen and oxygen atoms in total. The minimum atomic E-state index is -0.0322. The lowest BCUT2D eigenvalue weighted by Gasteiger charge is -2.14. The summed E-state index contributed by atoms with van der Waals surface area (Å²) in [6, 6.07) is 5.54. The number of benzene rings is 1. The van der Waals surface area contributed by atoms with Crippen LogP contribution in [0.2, 0.25) is 10.0 Å². The first-order chi connectivity index (χ1) is 9.06. The lowest BCUT2D eigenvalue weighted by atomic mass is 10.2. The molecular weight excluding hydrogens is 303 g/mol. The predicted octanol–water partition coefficient (Wildman–Crippen LogP) is 3.38. The van der Waals surface area contributed by atoms with Crippen LogP contribution < -0.4 is 5.73 Å². The van der Waals surface area contributed by atoms with Gasteiger partial charge in [-0.1, -0.05) is 29.3 Å². The van der Waals surface area contributed by atoms with Gasteiger partial charge < -0.3 is 10.6 Å². The van der Waals surface area contributed by atoms with E-state index < -0.39 is 0 Å². The molecule has 0 radical (unpaired) electrons. The second-order valence-electron chi connectivity index (χ2n) is 4.69. The first-order valence-corrected chi connectivity index (χ1v) is 7.56. The van der Waals surface area contributed by atoms with Gasteiger partial charge in [0.05, 0.1) is 5.02 Å². The molecule has 1 aliphatic heterocycles. The Kier molecular flexibility index (Phi) is 3.43. The largest absolute Gasteiger partial charge is 0.336 e. The summed E-state index contributed by atoms with van der Waals surface area (Å²) in [5, 5.41) is 2.04. The van der Waals surface area contributed by atoms with Crippen LogP contribution in [0.1, 0.15) is 16.1 Å². The molecular formula is C13H12Cl2N2OS. The highest BCUT2D eigenvalue weighted by atomic mass is 35.5. The van der Waals surface area contributed by atoms with Gasteiger partial charge in [-0.15, -0.1) is 11.3 Å². The van der Waals surface area contributed by atoms with Crippen molar-refractivity contribution in [3.05, 3.63) is 33.1 Å². The highest BCUT2D eigenvalue weighted by Gasteiger charge is 2.27. The van der Waals surface area contributed by atoms with E-state index >= 15 is 0 Å². The van der Waals surface area contributed by atoms with Gasteiger partial charge in [0, 0.05) is 34.2 Å². The van der Waals surface area contributed by atoms with Crippen molar-refractivity contribution in [1.29, 1.82) is 0 Å². The summed E-state index contributed by atoms with van der Waals surface area (Å²) in [4.78, 5) is 14.8. The van der Waals surface area contributed by atoms with Gasteiger partial charge in [-0.25, -0.2) is 0 Å². The fourth-order valence-corrected chi connectivity index (χ4v) is 4.05. The molecule has 2 heterocycles. The zero-order valence-corrected chi connectivity index (χ0v) is 12.4. The van der Waals surface area contributed by atoms with Crippen LogP contribution >= 0.6 is 34.5 Å². The first-order valence-electron chi connectivity index (χ1n) is 5.98. The van der Waals surface area contributed by atoms with Crippen LogP contribution in [0.5, 0.6) is 0 Å². The molecule has 1 amide bonds. The van der Waals surface area contributed by atoms with Crippen molar-refractivity contribution in [3.63, 3.8) is 0 Å². The Bertz CT molecular complexity index is 655. The zero-order chi connectivity index (χ0) is 13.6. The smallest absolute Gasteiger partial charge is 0.265 e. The van der Waals surface area contributed by atoms with E-state index in [9.17, 15) is 4.79 Å².